The predicted octanol–water partition coefficient (Wildman–Crippen LogP) is 0.579. The van der Waals surface area contributed by atoms with Crippen LogP contribution in [0.3, 0.4) is 0 Å². The second-order valence-electron chi connectivity index (χ2n) is 3.14. The number of aliphatic hydroxyl groups excluding tert-OH is 1. The largest absolute Gasteiger partial charge is 0.395 e. The van der Waals surface area contributed by atoms with Gasteiger partial charge in [0.1, 0.15) is 0 Å². The zero-order valence-electron chi connectivity index (χ0n) is 8.17. The molecule has 1 aromatic rings. The number of H-pyrrole nitrogens is 1. The van der Waals surface area contributed by atoms with Crippen LogP contribution in [0.1, 0.15) is 24.7 Å². The molecule has 1 rings (SSSR count). The van der Waals surface area contributed by atoms with Crippen molar-refractivity contribution in [2.75, 3.05) is 6.61 Å². The normalized spacial score (nSPS) is 13.2. The Morgan fingerprint density at radius 2 is 2.46 bits per heavy atom. The molecule has 0 aliphatic carbocycles. The summed E-state index contributed by atoms with van der Waals surface area (Å²) in [4.78, 5) is 7.17. The van der Waals surface area contributed by atoms with Crippen molar-refractivity contribution in [3.8, 4) is 0 Å². The van der Waals surface area contributed by atoms with Gasteiger partial charge in [-0.15, -0.1) is 0 Å². The molecule has 0 spiro atoms. The molecular weight excluding hydrogens is 166 g/mol. The van der Waals surface area contributed by atoms with Gasteiger partial charge in [0, 0.05) is 18.3 Å². The molecule has 3 N–H and O–H groups in total. The van der Waals surface area contributed by atoms with Gasteiger partial charge in [0.05, 0.1) is 18.6 Å². The van der Waals surface area contributed by atoms with Gasteiger partial charge in [-0.25, -0.2) is 4.98 Å². The molecule has 0 aliphatic rings. The highest BCUT2D eigenvalue weighted by Crippen LogP contribution is 2.00. The highest BCUT2D eigenvalue weighted by Gasteiger charge is 2.05. The molecule has 0 fully saturated rings. The van der Waals surface area contributed by atoms with Crippen LogP contribution in [0.25, 0.3) is 0 Å². The van der Waals surface area contributed by atoms with Crippen molar-refractivity contribution < 1.29 is 5.11 Å². The Kier molecular flexibility index (Phi) is 3.92. The third-order valence-corrected chi connectivity index (χ3v) is 2.21. The highest BCUT2D eigenvalue weighted by atomic mass is 16.3. The second kappa shape index (κ2) is 4.99. The number of aromatic nitrogens is 2. The lowest BCUT2D eigenvalue weighted by Gasteiger charge is -2.12. The molecule has 1 atom stereocenters. The number of hydrogen-bond donors (Lipinski definition) is 3. The van der Waals surface area contributed by atoms with Gasteiger partial charge in [0.15, 0.2) is 0 Å². The summed E-state index contributed by atoms with van der Waals surface area (Å²) in [7, 11) is 0. The minimum Gasteiger partial charge on any atom is -0.395 e. The molecule has 4 heteroatoms. The van der Waals surface area contributed by atoms with E-state index < -0.39 is 0 Å². The molecule has 1 unspecified atom stereocenters. The number of imidazole rings is 1. The molecule has 1 heterocycles. The minimum absolute atomic E-state index is 0.177. The molecule has 0 aliphatic heterocycles. The van der Waals surface area contributed by atoms with Gasteiger partial charge >= 0.3 is 0 Å². The van der Waals surface area contributed by atoms with Gasteiger partial charge < -0.3 is 15.4 Å². The minimum atomic E-state index is 0.177. The fourth-order valence-corrected chi connectivity index (χ4v) is 1.14. The fourth-order valence-electron chi connectivity index (χ4n) is 1.14. The Bertz CT molecular complexity index is 243. The summed E-state index contributed by atoms with van der Waals surface area (Å²) < 4.78 is 0. The lowest BCUT2D eigenvalue weighted by Crippen LogP contribution is -2.31. The number of nitrogens with one attached hydrogen (secondary N) is 2. The first-order chi connectivity index (χ1) is 6.27. The van der Waals surface area contributed by atoms with Crippen molar-refractivity contribution in [2.24, 2.45) is 0 Å². The van der Waals surface area contributed by atoms with Crippen molar-refractivity contribution in [2.45, 2.75) is 32.9 Å². The average Bonchev–Trinajstić information content (AvgIpc) is 2.54. The smallest absolute Gasteiger partial charge is 0.0925 e. The molecule has 0 amide bonds. The van der Waals surface area contributed by atoms with E-state index >= 15 is 0 Å². The molecule has 74 valence electrons. The average molecular weight is 183 g/mol. The number of rotatable bonds is 5. The van der Waals surface area contributed by atoms with Crippen LogP contribution in [0.5, 0.6) is 0 Å². The molecule has 0 aromatic carbocycles. The number of hydrogen-bond acceptors (Lipinski definition) is 3. The van der Waals surface area contributed by atoms with Crippen LogP contribution in [-0.4, -0.2) is 27.7 Å². The van der Waals surface area contributed by atoms with Gasteiger partial charge in [-0.2, -0.15) is 0 Å². The standard InChI is InChI=1S/C9H17N3O/c1-3-8(5-13)10-4-9-7(2)11-6-12-9/h6,8,10,13H,3-5H2,1-2H3,(H,11,12). The Morgan fingerprint density at radius 3 is 2.92 bits per heavy atom. The van der Waals surface area contributed by atoms with E-state index in [2.05, 4.69) is 15.3 Å². The lowest BCUT2D eigenvalue weighted by atomic mass is 10.2. The van der Waals surface area contributed by atoms with Crippen LogP contribution in [-0.2, 0) is 6.54 Å². The molecule has 1 aromatic heterocycles. The summed E-state index contributed by atoms with van der Waals surface area (Å²) in [5, 5.41) is 12.2. The first-order valence-electron chi connectivity index (χ1n) is 4.61. The van der Waals surface area contributed by atoms with E-state index in [9.17, 15) is 0 Å². The second-order valence-corrected chi connectivity index (χ2v) is 3.14. The van der Waals surface area contributed by atoms with Gasteiger partial charge in [-0.3, -0.25) is 0 Å². The Labute approximate surface area is 78.4 Å². The molecule has 0 bridgehead atoms. The van der Waals surface area contributed by atoms with Crippen molar-refractivity contribution in [3.63, 3.8) is 0 Å². The summed E-state index contributed by atoms with van der Waals surface area (Å²) in [5.41, 5.74) is 2.10. The van der Waals surface area contributed by atoms with Crippen LogP contribution in [0, 0.1) is 6.92 Å². The maximum Gasteiger partial charge on any atom is 0.0925 e. The zero-order chi connectivity index (χ0) is 9.68. The summed E-state index contributed by atoms with van der Waals surface area (Å²) in [5.74, 6) is 0. The maximum atomic E-state index is 8.93. The van der Waals surface area contributed by atoms with E-state index in [0.29, 0.717) is 6.54 Å². The van der Waals surface area contributed by atoms with E-state index in [4.69, 9.17) is 5.11 Å². The van der Waals surface area contributed by atoms with Crippen molar-refractivity contribution in [1.29, 1.82) is 0 Å². The van der Waals surface area contributed by atoms with E-state index in [1.54, 1.807) is 6.33 Å². The summed E-state index contributed by atoms with van der Waals surface area (Å²) in [6.07, 6.45) is 2.62. The molecule has 13 heavy (non-hydrogen) atoms. The van der Waals surface area contributed by atoms with Gasteiger partial charge in [0.25, 0.3) is 0 Å². The van der Waals surface area contributed by atoms with Crippen molar-refractivity contribution in [1.82, 2.24) is 15.3 Å². The Hall–Kier alpha value is -0.870. The number of aliphatic hydroxyl groups is 1. The Morgan fingerprint density at radius 1 is 1.69 bits per heavy atom. The Balaban J connectivity index is 2.38. The summed E-state index contributed by atoms with van der Waals surface area (Å²) in [6, 6.07) is 0.177. The maximum absolute atomic E-state index is 8.93. The van der Waals surface area contributed by atoms with Crippen LogP contribution in [0.2, 0.25) is 0 Å². The first-order valence-corrected chi connectivity index (χ1v) is 4.61. The predicted molar refractivity (Wildman–Crippen MR) is 51.3 cm³/mol. The van der Waals surface area contributed by atoms with E-state index in [0.717, 1.165) is 17.8 Å². The number of aromatic amines is 1. The molecule has 4 nitrogen and oxygen atoms in total. The molecule has 0 radical (unpaired) electrons. The lowest BCUT2D eigenvalue weighted by molar-refractivity contribution is 0.238. The monoisotopic (exact) mass is 183 g/mol. The third kappa shape index (κ3) is 2.82. The number of nitrogens with zero attached hydrogens (tertiary/aromatic N) is 1. The SMILES string of the molecule is CCC(CO)NCc1nc[nH]c1C. The van der Waals surface area contributed by atoms with E-state index in [1.165, 1.54) is 0 Å². The molecular formula is C9H17N3O. The van der Waals surface area contributed by atoms with Gasteiger partial charge in [-0.05, 0) is 13.3 Å². The van der Waals surface area contributed by atoms with Gasteiger partial charge in [-0.1, -0.05) is 6.92 Å². The van der Waals surface area contributed by atoms with Crippen LogP contribution < -0.4 is 5.32 Å². The number of aryl methyl sites for hydroxylation is 1. The quantitative estimate of drug-likeness (QED) is 0.625. The topological polar surface area (TPSA) is 60.9 Å². The summed E-state index contributed by atoms with van der Waals surface area (Å²) >= 11 is 0. The van der Waals surface area contributed by atoms with E-state index in [1.807, 2.05) is 13.8 Å². The summed E-state index contributed by atoms with van der Waals surface area (Å²) in [6.45, 7) is 4.93. The van der Waals surface area contributed by atoms with Gasteiger partial charge in [0.2, 0.25) is 0 Å². The molecule has 0 saturated heterocycles. The van der Waals surface area contributed by atoms with Crippen LogP contribution >= 0.6 is 0 Å². The first kappa shape index (κ1) is 10.2. The highest BCUT2D eigenvalue weighted by molar-refractivity contribution is 5.08. The van der Waals surface area contributed by atoms with Crippen LogP contribution in [0.15, 0.2) is 6.33 Å². The van der Waals surface area contributed by atoms with E-state index in [-0.39, 0.29) is 12.6 Å². The van der Waals surface area contributed by atoms with Crippen LogP contribution in [0.4, 0.5) is 0 Å². The third-order valence-electron chi connectivity index (χ3n) is 2.21. The fraction of sp³-hybridized carbons (Fsp3) is 0.667. The van der Waals surface area contributed by atoms with Crippen molar-refractivity contribution >= 4 is 0 Å². The van der Waals surface area contributed by atoms with Crippen molar-refractivity contribution in [3.05, 3.63) is 17.7 Å². The molecule has 0 saturated carbocycles. The zero-order valence-corrected chi connectivity index (χ0v) is 8.17.